The topological polar surface area (TPSA) is 77.8 Å². The van der Waals surface area contributed by atoms with Crippen LogP contribution in [0.2, 0.25) is 0 Å². The van der Waals surface area contributed by atoms with Gasteiger partial charge >= 0.3 is 75.1 Å². The van der Waals surface area contributed by atoms with Crippen LogP contribution in [0.3, 0.4) is 0 Å². The van der Waals surface area contributed by atoms with E-state index in [2.05, 4.69) is 0 Å². The Morgan fingerprint density at radius 1 is 1.12 bits per heavy atom. The predicted octanol–water partition coefficient (Wildman–Crippen LogP) is -3.94. The van der Waals surface area contributed by atoms with Crippen molar-refractivity contribution in [2.75, 3.05) is 0 Å². The Balaban J connectivity index is -0.0000000267. The average Bonchev–Trinajstić information content (AvgIpc) is 0.722. The molecule has 0 aliphatic carbocycles. The zero-order valence-corrected chi connectivity index (χ0v) is 3.09. The van der Waals surface area contributed by atoms with Crippen molar-refractivity contribution >= 4 is 86.1 Å². The van der Waals surface area contributed by atoms with Crippen LogP contribution in [-0.2, 0) is 4.57 Å². The second-order valence-electron chi connectivity index (χ2n) is 0.513. The Morgan fingerprint density at radius 2 is 1.12 bits per heavy atom. The van der Waals surface area contributed by atoms with Crippen LogP contribution < -0.4 is 0 Å². The van der Waals surface area contributed by atoms with Crippen LogP contribution in [-0.4, -0.2) is 92.9 Å². The summed E-state index contributed by atoms with van der Waals surface area (Å²) >= 11 is 0. The van der Waals surface area contributed by atoms with E-state index in [1.165, 1.54) is 0 Å². The SMILES string of the molecule is O=P(O)(O)O.[CaH2].[NaH].[SiH4]. The van der Waals surface area contributed by atoms with Crippen LogP contribution in [0.4, 0.5) is 0 Å². The Kier molecular flexibility index (Phi) is 26.9. The molecule has 0 aliphatic rings. The first-order chi connectivity index (χ1) is 2.00. The Labute approximate surface area is 104 Å². The Hall–Kier alpha value is 2.59. The Bertz CT molecular complexity index is 62.2. The molecule has 0 saturated carbocycles. The van der Waals surface area contributed by atoms with Gasteiger partial charge in [-0.3, -0.25) is 0 Å². The van der Waals surface area contributed by atoms with Gasteiger partial charge in [-0.15, -0.1) is 0 Å². The zero-order valence-electron chi connectivity index (χ0n) is 2.20. The standard InChI is InChI=1S/Ca.Na.H3O4P.H4Si.3H/c;;1-5(2,3)4;;;;/h;;(H3,1,2,3,4);1H4;;;. The van der Waals surface area contributed by atoms with Gasteiger partial charge in [0.2, 0.25) is 0 Å². The minimum Gasteiger partial charge on any atom is -0.0149 e. The van der Waals surface area contributed by atoms with E-state index in [1.807, 2.05) is 0 Å². The number of hydrogen-bond donors (Lipinski definition) is 3. The van der Waals surface area contributed by atoms with E-state index in [-0.39, 0.29) is 78.3 Å². The van der Waals surface area contributed by atoms with E-state index >= 15 is 0 Å². The molecule has 0 heterocycles. The van der Waals surface area contributed by atoms with Gasteiger partial charge in [-0.1, -0.05) is 0 Å². The van der Waals surface area contributed by atoms with E-state index < -0.39 is 7.82 Å². The van der Waals surface area contributed by atoms with Crippen LogP contribution in [0.15, 0.2) is 0 Å². The first kappa shape index (κ1) is 22.4. The van der Waals surface area contributed by atoms with E-state index in [4.69, 9.17) is 19.2 Å². The predicted molar refractivity (Wildman–Crippen MR) is 41.3 cm³/mol. The smallest absolute Gasteiger partial charge is 0.0149 e. The fourth-order valence-corrected chi connectivity index (χ4v) is 0. The van der Waals surface area contributed by atoms with Crippen LogP contribution in [0, 0.1) is 0 Å². The molecule has 8 heteroatoms. The minimum absolute atomic E-state index is 0. The monoisotopic (exact) mass is 196 g/mol. The van der Waals surface area contributed by atoms with Crippen LogP contribution in [0.5, 0.6) is 0 Å². The van der Waals surface area contributed by atoms with Gasteiger partial charge in [0.1, 0.15) is 0 Å². The zero-order chi connectivity index (χ0) is 4.50. The van der Waals surface area contributed by atoms with E-state index in [9.17, 15) is 0 Å². The van der Waals surface area contributed by atoms with Gasteiger partial charge in [-0.05, 0) is 11.0 Å². The fraction of sp³-hybridized carbons (Fsp3) is 0. The first-order valence-electron chi connectivity index (χ1n) is 0.783. The Morgan fingerprint density at radius 3 is 1.12 bits per heavy atom. The van der Waals surface area contributed by atoms with Crippen LogP contribution >= 0.6 is 7.82 Å². The van der Waals surface area contributed by atoms with Crippen LogP contribution in [0.1, 0.15) is 0 Å². The maximum Gasteiger partial charge on any atom is -0.0149 e. The molecule has 4 nitrogen and oxygen atoms in total. The molecule has 0 bridgehead atoms. The van der Waals surface area contributed by atoms with Gasteiger partial charge in [0.25, 0.3) is 0 Å². The summed E-state index contributed by atoms with van der Waals surface area (Å²) in [5, 5.41) is 0. The molecular weight excluding hydrogens is 186 g/mol. The molecule has 0 aromatic carbocycles. The molecule has 0 rings (SSSR count). The van der Waals surface area contributed by atoms with Crippen molar-refractivity contribution in [2.24, 2.45) is 0 Å². The summed E-state index contributed by atoms with van der Waals surface area (Å²) in [6.45, 7) is 0. The van der Waals surface area contributed by atoms with Gasteiger partial charge in [-0.25, -0.2) is 4.57 Å². The summed E-state index contributed by atoms with van der Waals surface area (Å²) in [6, 6.07) is 0. The largest absolute Gasteiger partial charge is 0.0149 e. The molecule has 0 radical (unpaired) electrons. The maximum atomic E-state index is 8.88. The molecule has 0 unspecified atom stereocenters. The van der Waals surface area contributed by atoms with Crippen LogP contribution in [0.25, 0.3) is 0 Å². The fourth-order valence-electron chi connectivity index (χ4n) is 0. The molecule has 0 amide bonds. The molecule has 0 aromatic heterocycles. The second kappa shape index (κ2) is 9.59. The van der Waals surface area contributed by atoms with Gasteiger partial charge < -0.3 is 14.7 Å². The van der Waals surface area contributed by atoms with Crippen molar-refractivity contribution in [3.8, 4) is 0 Å². The van der Waals surface area contributed by atoms with Gasteiger partial charge in [0.15, 0.2) is 0 Å². The van der Waals surface area contributed by atoms with Crippen molar-refractivity contribution in [1.29, 1.82) is 0 Å². The van der Waals surface area contributed by atoms with E-state index in [1.54, 1.807) is 0 Å². The van der Waals surface area contributed by atoms with Gasteiger partial charge in [0, 0.05) is 0 Å². The number of phosphoric acid groups is 1. The summed E-state index contributed by atoms with van der Waals surface area (Å²) in [5.74, 6) is 0. The van der Waals surface area contributed by atoms with E-state index in [0.29, 0.717) is 0 Å². The summed E-state index contributed by atoms with van der Waals surface area (Å²) in [4.78, 5) is 21.6. The van der Waals surface area contributed by atoms with Crippen molar-refractivity contribution < 1.29 is 19.2 Å². The van der Waals surface area contributed by atoms with Crippen molar-refractivity contribution in [3.63, 3.8) is 0 Å². The minimum atomic E-state index is -4.64. The maximum absolute atomic E-state index is 8.88. The first-order valence-corrected chi connectivity index (χ1v) is 2.35. The van der Waals surface area contributed by atoms with Gasteiger partial charge in [0.05, 0.1) is 0 Å². The molecule has 0 fully saturated rings. The molecule has 0 saturated heterocycles. The number of hydrogen-bond acceptors (Lipinski definition) is 1. The molecule has 3 N–H and O–H groups in total. The molecule has 0 spiro atoms. The summed E-state index contributed by atoms with van der Waals surface area (Å²) in [7, 11) is -4.64. The third kappa shape index (κ3) is 73.9. The number of rotatable bonds is 0. The third-order valence-electron chi connectivity index (χ3n) is 0. The normalized spacial score (nSPS) is 7.38. The molecule has 8 heavy (non-hydrogen) atoms. The quantitative estimate of drug-likeness (QED) is 0.273. The van der Waals surface area contributed by atoms with Crippen molar-refractivity contribution in [2.45, 2.75) is 0 Å². The molecular formula is H10CaNaO4PSi. The molecule has 0 atom stereocenters. The second-order valence-corrected chi connectivity index (χ2v) is 1.54. The van der Waals surface area contributed by atoms with E-state index in [0.717, 1.165) is 0 Å². The van der Waals surface area contributed by atoms with Gasteiger partial charge in [-0.2, -0.15) is 0 Å². The van der Waals surface area contributed by atoms with Crippen molar-refractivity contribution in [1.82, 2.24) is 0 Å². The average molecular weight is 196 g/mol. The summed E-state index contributed by atoms with van der Waals surface area (Å²) in [5.41, 5.74) is 0. The summed E-state index contributed by atoms with van der Waals surface area (Å²) < 4.78 is 8.88. The summed E-state index contributed by atoms with van der Waals surface area (Å²) in [6.07, 6.45) is 0. The third-order valence-corrected chi connectivity index (χ3v) is 0. The molecule has 0 aliphatic heterocycles. The molecule has 46 valence electrons. The molecule has 0 aromatic rings. The van der Waals surface area contributed by atoms with Crippen molar-refractivity contribution in [3.05, 3.63) is 0 Å².